The fourth-order valence-corrected chi connectivity index (χ4v) is 2.34. The number of nitrogens with zero attached hydrogens (tertiary/aromatic N) is 3. The Labute approximate surface area is 149 Å². The quantitative estimate of drug-likeness (QED) is 0.712. The summed E-state index contributed by atoms with van der Waals surface area (Å²) >= 11 is 0. The third-order valence-corrected chi connectivity index (χ3v) is 3.65. The minimum atomic E-state index is -0.411. The zero-order valence-electron chi connectivity index (χ0n) is 14.1. The number of benzene rings is 1. The van der Waals surface area contributed by atoms with Gasteiger partial charge < -0.3 is 15.4 Å². The molecule has 8 heteroatoms. The summed E-state index contributed by atoms with van der Waals surface area (Å²) in [6, 6.07) is 7.66. The molecule has 0 bridgehead atoms. The number of nitrogens with one attached hydrogen (secondary N) is 2. The van der Waals surface area contributed by atoms with Gasteiger partial charge in [0.25, 0.3) is 0 Å². The molecule has 7 nitrogen and oxygen atoms in total. The van der Waals surface area contributed by atoms with E-state index in [1.807, 2.05) is 12.1 Å². The van der Waals surface area contributed by atoms with E-state index in [1.165, 1.54) is 19.2 Å². The summed E-state index contributed by atoms with van der Waals surface area (Å²) in [5, 5.41) is 5.41. The Morgan fingerprint density at radius 1 is 1.19 bits per heavy atom. The van der Waals surface area contributed by atoms with Gasteiger partial charge in [0.15, 0.2) is 0 Å². The molecule has 3 rings (SSSR count). The van der Waals surface area contributed by atoms with E-state index in [0.717, 1.165) is 11.4 Å². The maximum Gasteiger partial charge on any atom is 0.315 e. The van der Waals surface area contributed by atoms with Crippen molar-refractivity contribution in [3.8, 4) is 11.6 Å². The number of carbonyl (C=O) groups is 1. The molecule has 0 spiro atoms. The SMILES string of the molecule is COc1cc(F)cc(CNC(=O)NCc2ccc(-n3ccnc3)nc2)c1. The van der Waals surface area contributed by atoms with E-state index in [9.17, 15) is 9.18 Å². The largest absolute Gasteiger partial charge is 0.497 e. The number of hydrogen-bond donors (Lipinski definition) is 2. The van der Waals surface area contributed by atoms with Crippen LogP contribution >= 0.6 is 0 Å². The van der Waals surface area contributed by atoms with Crippen LogP contribution < -0.4 is 15.4 Å². The molecule has 0 unspecified atom stereocenters. The van der Waals surface area contributed by atoms with Gasteiger partial charge in [0, 0.05) is 37.7 Å². The van der Waals surface area contributed by atoms with Crippen LogP contribution in [0.4, 0.5) is 9.18 Å². The van der Waals surface area contributed by atoms with E-state index in [4.69, 9.17) is 4.74 Å². The van der Waals surface area contributed by atoms with Crippen molar-refractivity contribution in [3.63, 3.8) is 0 Å². The standard InChI is InChI=1S/C18H18FN5O2/c1-26-16-7-14(6-15(19)8-16)11-23-18(25)22-10-13-2-3-17(21-9-13)24-5-4-20-12-24/h2-9,12H,10-11H2,1H3,(H2,22,23,25). The lowest BCUT2D eigenvalue weighted by atomic mass is 10.2. The van der Waals surface area contributed by atoms with E-state index in [1.54, 1.807) is 35.6 Å². The molecule has 0 aliphatic carbocycles. The summed E-state index contributed by atoms with van der Waals surface area (Å²) in [7, 11) is 1.46. The van der Waals surface area contributed by atoms with E-state index in [0.29, 0.717) is 17.9 Å². The van der Waals surface area contributed by atoms with Gasteiger partial charge in [0.05, 0.1) is 7.11 Å². The van der Waals surface area contributed by atoms with Crippen molar-refractivity contribution in [1.82, 2.24) is 25.2 Å². The molecule has 0 saturated carbocycles. The van der Waals surface area contributed by atoms with Gasteiger partial charge in [-0.25, -0.2) is 19.2 Å². The van der Waals surface area contributed by atoms with Crippen LogP contribution in [0.15, 0.2) is 55.2 Å². The van der Waals surface area contributed by atoms with Gasteiger partial charge in [-0.15, -0.1) is 0 Å². The fourth-order valence-electron chi connectivity index (χ4n) is 2.34. The Kier molecular flexibility index (Phi) is 5.43. The minimum absolute atomic E-state index is 0.192. The number of rotatable bonds is 6. The molecule has 2 aromatic heterocycles. The molecule has 0 fully saturated rings. The van der Waals surface area contributed by atoms with Gasteiger partial charge in [0.1, 0.15) is 23.7 Å². The monoisotopic (exact) mass is 355 g/mol. The van der Waals surface area contributed by atoms with E-state index in [-0.39, 0.29) is 12.6 Å². The van der Waals surface area contributed by atoms with E-state index < -0.39 is 5.82 Å². The molecule has 2 N–H and O–H groups in total. The smallest absolute Gasteiger partial charge is 0.315 e. The van der Waals surface area contributed by atoms with Crippen molar-refractivity contribution >= 4 is 6.03 Å². The molecule has 0 radical (unpaired) electrons. The van der Waals surface area contributed by atoms with Gasteiger partial charge in [-0.1, -0.05) is 6.07 Å². The van der Waals surface area contributed by atoms with Crippen LogP contribution in [0.2, 0.25) is 0 Å². The number of urea groups is 1. The second-order valence-electron chi connectivity index (χ2n) is 5.53. The third kappa shape index (κ3) is 4.56. The lowest BCUT2D eigenvalue weighted by molar-refractivity contribution is 0.240. The normalized spacial score (nSPS) is 10.4. The molecule has 2 amide bonds. The van der Waals surface area contributed by atoms with Crippen LogP contribution in [0.3, 0.4) is 0 Å². The Bertz CT molecular complexity index is 866. The first kappa shape index (κ1) is 17.4. The fraction of sp³-hybridized carbons (Fsp3) is 0.167. The molecule has 0 saturated heterocycles. The van der Waals surface area contributed by atoms with Crippen molar-refractivity contribution in [2.24, 2.45) is 0 Å². The molecule has 1 aromatic carbocycles. The first-order valence-corrected chi connectivity index (χ1v) is 7.92. The number of aromatic nitrogens is 3. The maximum absolute atomic E-state index is 13.4. The highest BCUT2D eigenvalue weighted by Gasteiger charge is 2.05. The number of halogens is 1. The average Bonchev–Trinajstić information content (AvgIpc) is 3.19. The number of hydrogen-bond acceptors (Lipinski definition) is 4. The Balaban J connectivity index is 1.49. The lowest BCUT2D eigenvalue weighted by Gasteiger charge is -2.09. The molecule has 0 aliphatic rings. The zero-order valence-corrected chi connectivity index (χ0v) is 14.1. The molecule has 0 aliphatic heterocycles. The molecule has 2 heterocycles. The molecular formula is C18H18FN5O2. The van der Waals surface area contributed by atoms with Crippen molar-refractivity contribution in [1.29, 1.82) is 0 Å². The highest BCUT2D eigenvalue weighted by Crippen LogP contribution is 2.15. The van der Waals surface area contributed by atoms with Crippen LogP contribution in [0.5, 0.6) is 5.75 Å². The Morgan fingerprint density at radius 2 is 2.00 bits per heavy atom. The Morgan fingerprint density at radius 3 is 2.65 bits per heavy atom. The molecule has 26 heavy (non-hydrogen) atoms. The summed E-state index contributed by atoms with van der Waals surface area (Å²) in [6.45, 7) is 0.521. The number of ether oxygens (including phenoxy) is 1. The second-order valence-corrected chi connectivity index (χ2v) is 5.53. The first-order chi connectivity index (χ1) is 12.6. The first-order valence-electron chi connectivity index (χ1n) is 7.92. The van der Waals surface area contributed by atoms with E-state index in [2.05, 4.69) is 20.6 Å². The van der Waals surface area contributed by atoms with Gasteiger partial charge in [-0.2, -0.15) is 0 Å². The summed E-state index contributed by atoms with van der Waals surface area (Å²) in [6.07, 6.45) is 6.83. The second kappa shape index (κ2) is 8.11. The lowest BCUT2D eigenvalue weighted by Crippen LogP contribution is -2.34. The van der Waals surface area contributed by atoms with Crippen LogP contribution in [-0.2, 0) is 13.1 Å². The third-order valence-electron chi connectivity index (χ3n) is 3.65. The number of imidazole rings is 1. The highest BCUT2D eigenvalue weighted by atomic mass is 19.1. The van der Waals surface area contributed by atoms with Crippen LogP contribution in [0.1, 0.15) is 11.1 Å². The highest BCUT2D eigenvalue weighted by molar-refractivity contribution is 5.73. The van der Waals surface area contributed by atoms with Gasteiger partial charge in [-0.3, -0.25) is 4.57 Å². The van der Waals surface area contributed by atoms with Crippen LogP contribution in [0.25, 0.3) is 5.82 Å². The summed E-state index contributed by atoms with van der Waals surface area (Å²) < 4.78 is 20.2. The van der Waals surface area contributed by atoms with Gasteiger partial charge in [0.2, 0.25) is 0 Å². The van der Waals surface area contributed by atoms with Crippen LogP contribution in [0, 0.1) is 5.82 Å². The van der Waals surface area contributed by atoms with Crippen LogP contribution in [-0.4, -0.2) is 27.7 Å². The predicted octanol–water partition coefficient (Wildman–Crippen LogP) is 2.41. The Hall–Kier alpha value is -3.42. The zero-order chi connectivity index (χ0) is 18.4. The summed E-state index contributed by atoms with van der Waals surface area (Å²) in [5.74, 6) is 0.743. The summed E-state index contributed by atoms with van der Waals surface area (Å²) in [5.41, 5.74) is 1.47. The molecule has 3 aromatic rings. The van der Waals surface area contributed by atoms with Crippen molar-refractivity contribution in [2.75, 3.05) is 7.11 Å². The van der Waals surface area contributed by atoms with Gasteiger partial charge in [-0.05, 0) is 29.3 Å². The van der Waals surface area contributed by atoms with E-state index >= 15 is 0 Å². The van der Waals surface area contributed by atoms with Crippen molar-refractivity contribution in [2.45, 2.75) is 13.1 Å². The minimum Gasteiger partial charge on any atom is -0.497 e. The molecule has 134 valence electrons. The number of methoxy groups -OCH3 is 1. The topological polar surface area (TPSA) is 81.1 Å². The van der Waals surface area contributed by atoms with Gasteiger partial charge >= 0.3 is 6.03 Å². The number of carbonyl (C=O) groups excluding carboxylic acids is 1. The van der Waals surface area contributed by atoms with Crippen molar-refractivity contribution in [3.05, 3.63) is 72.2 Å². The predicted molar refractivity (Wildman–Crippen MR) is 93.4 cm³/mol. The maximum atomic E-state index is 13.4. The van der Waals surface area contributed by atoms with Crippen molar-refractivity contribution < 1.29 is 13.9 Å². The average molecular weight is 355 g/mol. The molecular weight excluding hydrogens is 337 g/mol. The number of amides is 2. The summed E-state index contributed by atoms with van der Waals surface area (Å²) in [4.78, 5) is 20.2. The number of pyridine rings is 1. The molecule has 0 atom stereocenters.